The predicted octanol–water partition coefficient (Wildman–Crippen LogP) is 1.01. The number of carbonyl (C=O) groups excluding carboxylic acids is 1. The van der Waals surface area contributed by atoms with E-state index in [2.05, 4.69) is 40.5 Å². The van der Waals surface area contributed by atoms with Crippen LogP contribution in [0.5, 0.6) is 0 Å². The van der Waals surface area contributed by atoms with Crippen LogP contribution in [0.15, 0.2) is 30.3 Å². The number of amides is 1. The van der Waals surface area contributed by atoms with Crippen LogP contribution in [0.4, 0.5) is 0 Å². The van der Waals surface area contributed by atoms with Gasteiger partial charge in [-0.3, -0.25) is 9.69 Å². The van der Waals surface area contributed by atoms with E-state index in [4.69, 9.17) is 4.74 Å². The summed E-state index contributed by atoms with van der Waals surface area (Å²) < 4.78 is 29.4. The van der Waals surface area contributed by atoms with E-state index >= 15 is 0 Å². The number of benzene rings is 1. The van der Waals surface area contributed by atoms with Gasteiger partial charge >= 0.3 is 0 Å². The number of hydrogen-bond acceptors (Lipinski definition) is 6. The molecule has 8 heteroatoms. The summed E-state index contributed by atoms with van der Waals surface area (Å²) in [4.78, 5) is 16.5. The molecule has 31 heavy (non-hydrogen) atoms. The topological polar surface area (TPSA) is 79.0 Å². The van der Waals surface area contributed by atoms with Gasteiger partial charge in [0, 0.05) is 44.2 Å². The number of rotatable bonds is 5. The Balaban J connectivity index is 1.05. The molecule has 1 aromatic rings. The van der Waals surface area contributed by atoms with Gasteiger partial charge in [-0.25, -0.2) is 8.42 Å². The highest BCUT2D eigenvalue weighted by Crippen LogP contribution is 2.43. The first-order chi connectivity index (χ1) is 14.9. The molecule has 170 valence electrons. The lowest BCUT2D eigenvalue weighted by Gasteiger charge is -2.39. The van der Waals surface area contributed by atoms with Crippen LogP contribution >= 0.6 is 0 Å². The lowest BCUT2D eigenvalue weighted by molar-refractivity contribution is -0.133. The van der Waals surface area contributed by atoms with Gasteiger partial charge in [-0.2, -0.15) is 0 Å². The Morgan fingerprint density at radius 3 is 2.52 bits per heavy atom. The monoisotopic (exact) mass is 447 g/mol. The Labute approximate surface area is 185 Å². The molecule has 5 rings (SSSR count). The highest BCUT2D eigenvalue weighted by Gasteiger charge is 2.46. The quantitative estimate of drug-likeness (QED) is 0.726. The zero-order valence-electron chi connectivity index (χ0n) is 18.0. The second-order valence-corrected chi connectivity index (χ2v) is 12.0. The van der Waals surface area contributed by atoms with Crippen molar-refractivity contribution in [2.24, 2.45) is 0 Å². The van der Waals surface area contributed by atoms with Crippen molar-refractivity contribution >= 4 is 15.7 Å². The van der Waals surface area contributed by atoms with E-state index in [1.54, 1.807) is 4.90 Å². The Morgan fingerprint density at radius 2 is 1.81 bits per heavy atom. The molecule has 1 aromatic carbocycles. The fourth-order valence-electron chi connectivity index (χ4n) is 5.42. The summed E-state index contributed by atoms with van der Waals surface area (Å²) >= 11 is 0. The van der Waals surface area contributed by atoms with E-state index in [1.807, 2.05) is 0 Å². The van der Waals surface area contributed by atoms with Crippen LogP contribution in [-0.4, -0.2) is 92.6 Å². The maximum atomic E-state index is 12.6. The lowest BCUT2D eigenvalue weighted by atomic mass is 9.87. The van der Waals surface area contributed by atoms with Crippen LogP contribution in [0.1, 0.15) is 37.2 Å². The van der Waals surface area contributed by atoms with Crippen LogP contribution in [0.25, 0.3) is 0 Å². The molecule has 0 radical (unpaired) electrons. The average molecular weight is 448 g/mol. The van der Waals surface area contributed by atoms with E-state index < -0.39 is 9.84 Å². The number of sulfone groups is 1. The lowest BCUT2D eigenvalue weighted by Crippen LogP contribution is -2.51. The minimum absolute atomic E-state index is 0.0481. The molecule has 4 fully saturated rings. The fraction of sp³-hybridized carbons (Fsp3) is 0.696. The van der Waals surface area contributed by atoms with Crippen molar-refractivity contribution in [2.45, 2.75) is 49.3 Å². The van der Waals surface area contributed by atoms with Gasteiger partial charge in [0.15, 0.2) is 9.84 Å². The van der Waals surface area contributed by atoms with Gasteiger partial charge in [-0.15, -0.1) is 0 Å². The van der Waals surface area contributed by atoms with Gasteiger partial charge in [0.1, 0.15) is 0 Å². The highest BCUT2D eigenvalue weighted by molar-refractivity contribution is 7.91. The number of piperidine rings is 1. The van der Waals surface area contributed by atoms with Crippen molar-refractivity contribution in [1.82, 2.24) is 15.1 Å². The Bertz CT molecular complexity index is 885. The largest absolute Gasteiger partial charge is 0.373 e. The molecule has 7 nitrogen and oxygen atoms in total. The zero-order valence-corrected chi connectivity index (χ0v) is 18.9. The first-order valence-corrected chi connectivity index (χ1v) is 13.4. The van der Waals surface area contributed by atoms with Gasteiger partial charge in [0.2, 0.25) is 5.91 Å². The maximum Gasteiger partial charge on any atom is 0.236 e. The number of nitrogens with zero attached hydrogens (tertiary/aromatic N) is 2. The second kappa shape index (κ2) is 8.46. The maximum absolute atomic E-state index is 12.6. The van der Waals surface area contributed by atoms with E-state index in [0.717, 1.165) is 39.0 Å². The smallest absolute Gasteiger partial charge is 0.236 e. The standard InChI is InChI=1S/C23H33N3O4S/c27-22(26-10-12-31(28,29)13-11-26)16-25-8-6-23(7-9-25)15-19(17-30-23)24-21-14-20(21)18-4-2-1-3-5-18/h1-5,19-21,24H,6-17H2/t19?,20-,21+/m0/s1. The molecule has 1 saturated carbocycles. The molecule has 1 aliphatic carbocycles. The van der Waals surface area contributed by atoms with Crippen molar-refractivity contribution in [2.75, 3.05) is 50.8 Å². The van der Waals surface area contributed by atoms with Crippen LogP contribution in [0.3, 0.4) is 0 Å². The molecule has 3 saturated heterocycles. The average Bonchev–Trinajstić information content (AvgIpc) is 3.42. The summed E-state index contributed by atoms with van der Waals surface area (Å²) in [7, 11) is -2.96. The van der Waals surface area contributed by atoms with Crippen molar-refractivity contribution in [1.29, 1.82) is 0 Å². The third-order valence-electron chi connectivity index (χ3n) is 7.50. The zero-order chi connectivity index (χ0) is 21.5. The molecule has 1 amide bonds. The van der Waals surface area contributed by atoms with Gasteiger partial charge < -0.3 is 15.0 Å². The second-order valence-electron chi connectivity index (χ2n) is 9.73. The number of ether oxygens (including phenoxy) is 1. The van der Waals surface area contributed by atoms with Crippen LogP contribution in [-0.2, 0) is 19.4 Å². The Morgan fingerprint density at radius 1 is 1.10 bits per heavy atom. The van der Waals surface area contributed by atoms with E-state index in [0.29, 0.717) is 37.6 Å². The first-order valence-electron chi connectivity index (χ1n) is 11.6. The number of carbonyl (C=O) groups is 1. The molecular formula is C23H33N3O4S. The van der Waals surface area contributed by atoms with Crippen LogP contribution in [0.2, 0.25) is 0 Å². The SMILES string of the molecule is O=C(CN1CCC2(CC1)CC(N[C@@H]1C[C@H]1c1ccccc1)CO2)N1CCS(=O)(=O)CC1. The van der Waals surface area contributed by atoms with E-state index in [1.165, 1.54) is 12.0 Å². The van der Waals surface area contributed by atoms with Gasteiger partial charge in [-0.05, 0) is 31.2 Å². The van der Waals surface area contributed by atoms with Crippen LogP contribution < -0.4 is 5.32 Å². The minimum Gasteiger partial charge on any atom is -0.373 e. The minimum atomic E-state index is -2.96. The van der Waals surface area contributed by atoms with E-state index in [-0.39, 0.29) is 23.0 Å². The molecule has 3 atom stereocenters. The first kappa shape index (κ1) is 21.4. The molecule has 1 unspecified atom stereocenters. The molecule has 4 aliphatic rings. The molecule has 1 spiro atoms. The van der Waals surface area contributed by atoms with Crippen LogP contribution in [0, 0.1) is 0 Å². The predicted molar refractivity (Wildman–Crippen MR) is 119 cm³/mol. The summed E-state index contributed by atoms with van der Waals surface area (Å²) in [5.41, 5.74) is 1.38. The molecule has 0 aromatic heterocycles. The van der Waals surface area contributed by atoms with E-state index in [9.17, 15) is 13.2 Å². The molecule has 0 bridgehead atoms. The Hall–Kier alpha value is -1.48. The number of likely N-dealkylation sites (tertiary alicyclic amines) is 1. The summed E-state index contributed by atoms with van der Waals surface area (Å²) in [5, 5.41) is 3.82. The molecular weight excluding hydrogens is 414 g/mol. The summed E-state index contributed by atoms with van der Waals surface area (Å²) in [5.74, 6) is 0.876. The summed E-state index contributed by atoms with van der Waals surface area (Å²) in [6, 6.07) is 11.7. The summed E-state index contributed by atoms with van der Waals surface area (Å²) in [6.07, 6.45) is 4.18. The highest BCUT2D eigenvalue weighted by atomic mass is 32.2. The molecule has 3 aliphatic heterocycles. The summed E-state index contributed by atoms with van der Waals surface area (Å²) in [6.45, 7) is 3.56. The molecule has 3 heterocycles. The molecule has 1 N–H and O–H groups in total. The Kier molecular flexibility index (Phi) is 5.83. The van der Waals surface area contributed by atoms with Crippen molar-refractivity contribution in [3.8, 4) is 0 Å². The fourth-order valence-corrected chi connectivity index (χ4v) is 6.62. The van der Waals surface area contributed by atoms with Gasteiger partial charge in [0.05, 0.1) is 30.3 Å². The van der Waals surface area contributed by atoms with Gasteiger partial charge in [0.25, 0.3) is 0 Å². The third kappa shape index (κ3) is 4.97. The van der Waals surface area contributed by atoms with Crippen molar-refractivity contribution in [3.05, 3.63) is 35.9 Å². The number of hydrogen-bond donors (Lipinski definition) is 1. The normalized spacial score (nSPS) is 32.3. The number of nitrogens with one attached hydrogen (secondary N) is 1. The van der Waals surface area contributed by atoms with Gasteiger partial charge in [-0.1, -0.05) is 30.3 Å². The van der Waals surface area contributed by atoms with Crippen molar-refractivity contribution in [3.63, 3.8) is 0 Å². The third-order valence-corrected chi connectivity index (χ3v) is 9.11. The van der Waals surface area contributed by atoms with Crippen molar-refractivity contribution < 1.29 is 17.9 Å².